The number of rotatable bonds is 13. The summed E-state index contributed by atoms with van der Waals surface area (Å²) in [6, 6.07) is 3.80. The summed E-state index contributed by atoms with van der Waals surface area (Å²) >= 11 is 0. The van der Waals surface area contributed by atoms with Crippen LogP contribution in [0.15, 0.2) is 43.5 Å². The van der Waals surface area contributed by atoms with Gasteiger partial charge in [-0.15, -0.1) is 13.2 Å². The molecular weight excluding hydrogens is 576 g/mol. The van der Waals surface area contributed by atoms with Gasteiger partial charge in [0.25, 0.3) is 0 Å². The second-order valence-corrected chi connectivity index (χ2v) is 12.4. The number of likely N-dealkylation sites (tertiary alicyclic amines) is 1. The van der Waals surface area contributed by atoms with Crippen LogP contribution < -0.4 is 14.8 Å². The number of carbonyl (C=O) groups excluding carboxylic acids is 3. The van der Waals surface area contributed by atoms with Crippen molar-refractivity contribution in [2.24, 2.45) is 11.8 Å². The van der Waals surface area contributed by atoms with Crippen molar-refractivity contribution in [1.29, 1.82) is 0 Å². The Bertz CT molecular complexity index is 1440. The van der Waals surface area contributed by atoms with E-state index in [0.29, 0.717) is 41.2 Å². The summed E-state index contributed by atoms with van der Waals surface area (Å²) in [5, 5.41) is 2.89. The number of methoxy groups -OCH3 is 2. The Labute approximate surface area is 264 Å². The van der Waals surface area contributed by atoms with E-state index in [1.165, 1.54) is 12.0 Å². The second kappa shape index (κ2) is 13.9. The number of amides is 2. The molecule has 2 aromatic rings. The molecule has 0 radical (unpaired) electrons. The van der Waals surface area contributed by atoms with Crippen molar-refractivity contribution in [2.75, 3.05) is 20.8 Å². The molecule has 1 N–H and O–H groups in total. The van der Waals surface area contributed by atoms with E-state index in [9.17, 15) is 14.4 Å². The summed E-state index contributed by atoms with van der Waals surface area (Å²) in [6.45, 7) is 9.62. The van der Waals surface area contributed by atoms with Crippen molar-refractivity contribution in [3.05, 3.63) is 49.2 Å². The van der Waals surface area contributed by atoms with Crippen LogP contribution in [-0.2, 0) is 25.5 Å². The van der Waals surface area contributed by atoms with Gasteiger partial charge in [-0.25, -0.2) is 19.6 Å². The fourth-order valence-electron chi connectivity index (χ4n) is 6.68. The minimum absolute atomic E-state index is 0.0661. The molecule has 2 saturated carbocycles. The molecule has 0 bridgehead atoms. The SMILES string of the molecule is C=CCCc1nc2cccc(OC)c2nc1O[C@@H]1C[C@@H](C(=O)OC)N(C(=O)[C@@H](NC(=O)O[C@@]2(C)C[C@@H]2CC=C)C2CCCC2)C1. The van der Waals surface area contributed by atoms with Crippen LogP contribution in [0, 0.1) is 11.8 Å². The average Bonchev–Trinajstić information content (AvgIpc) is 3.40. The number of allylic oxidation sites excluding steroid dienone is 2. The van der Waals surface area contributed by atoms with Crippen LogP contribution in [0.25, 0.3) is 11.0 Å². The third kappa shape index (κ3) is 7.07. The number of hydrogen-bond donors (Lipinski definition) is 1. The van der Waals surface area contributed by atoms with Crippen LogP contribution in [0.1, 0.15) is 64.0 Å². The molecule has 1 aromatic carbocycles. The lowest BCUT2D eigenvalue weighted by atomic mass is 9.96. The number of ether oxygens (including phenoxy) is 4. The number of hydrogen-bond acceptors (Lipinski definition) is 9. The molecule has 2 amide bonds. The molecule has 2 heterocycles. The molecule has 1 aliphatic heterocycles. The lowest BCUT2D eigenvalue weighted by molar-refractivity contribution is -0.152. The molecule has 3 aliphatic rings. The van der Waals surface area contributed by atoms with Gasteiger partial charge in [-0.1, -0.05) is 31.1 Å². The van der Waals surface area contributed by atoms with E-state index in [1.54, 1.807) is 19.3 Å². The third-order valence-electron chi connectivity index (χ3n) is 9.34. The van der Waals surface area contributed by atoms with Crippen LogP contribution in [0.5, 0.6) is 11.6 Å². The van der Waals surface area contributed by atoms with Gasteiger partial charge in [0.15, 0.2) is 0 Å². The first kappa shape index (κ1) is 32.2. The van der Waals surface area contributed by atoms with Gasteiger partial charge in [0.05, 0.1) is 26.3 Å². The number of esters is 1. The molecule has 1 saturated heterocycles. The van der Waals surface area contributed by atoms with Crippen LogP contribution in [-0.4, -0.2) is 77.4 Å². The minimum atomic E-state index is -0.883. The van der Waals surface area contributed by atoms with Crippen molar-refractivity contribution < 1.29 is 33.3 Å². The van der Waals surface area contributed by atoms with E-state index in [-0.39, 0.29) is 30.7 Å². The van der Waals surface area contributed by atoms with Gasteiger partial charge in [0.2, 0.25) is 11.8 Å². The van der Waals surface area contributed by atoms with E-state index in [4.69, 9.17) is 28.9 Å². The highest BCUT2D eigenvalue weighted by Crippen LogP contribution is 2.49. The summed E-state index contributed by atoms with van der Waals surface area (Å²) in [5.74, 6) is 0.140. The predicted molar refractivity (Wildman–Crippen MR) is 168 cm³/mol. The largest absolute Gasteiger partial charge is 0.494 e. The molecule has 11 heteroatoms. The molecule has 0 unspecified atom stereocenters. The van der Waals surface area contributed by atoms with Crippen molar-refractivity contribution in [2.45, 2.75) is 88.5 Å². The Hall–Kier alpha value is -4.15. The summed E-state index contributed by atoms with van der Waals surface area (Å²) < 4.78 is 22.8. The Balaban J connectivity index is 1.38. The highest BCUT2D eigenvalue weighted by molar-refractivity contribution is 5.90. The average molecular weight is 621 g/mol. The molecule has 1 aromatic heterocycles. The molecule has 0 spiro atoms. The first-order valence-corrected chi connectivity index (χ1v) is 15.8. The Morgan fingerprint density at radius 3 is 2.62 bits per heavy atom. The summed E-state index contributed by atoms with van der Waals surface area (Å²) in [5.41, 5.74) is 1.29. The molecule has 5 rings (SSSR count). The number of aryl methyl sites for hydroxylation is 1. The second-order valence-electron chi connectivity index (χ2n) is 12.4. The minimum Gasteiger partial charge on any atom is -0.494 e. The first-order chi connectivity index (χ1) is 21.7. The Kier molecular flexibility index (Phi) is 9.94. The number of nitrogens with zero attached hydrogens (tertiary/aromatic N) is 3. The van der Waals surface area contributed by atoms with Crippen molar-refractivity contribution in [1.82, 2.24) is 20.2 Å². The summed E-state index contributed by atoms with van der Waals surface area (Å²) in [4.78, 5) is 51.4. The summed E-state index contributed by atoms with van der Waals surface area (Å²) in [7, 11) is 2.87. The van der Waals surface area contributed by atoms with Gasteiger partial charge in [-0.05, 0) is 63.5 Å². The summed E-state index contributed by atoms with van der Waals surface area (Å²) in [6.07, 6.45) is 8.89. The molecular formula is C34H44N4O7. The lowest BCUT2D eigenvalue weighted by Gasteiger charge is -2.31. The molecule has 2 aliphatic carbocycles. The molecule has 242 valence electrons. The zero-order valence-corrected chi connectivity index (χ0v) is 26.5. The maximum absolute atomic E-state index is 14.2. The monoisotopic (exact) mass is 620 g/mol. The van der Waals surface area contributed by atoms with Crippen LogP contribution in [0.2, 0.25) is 0 Å². The quantitative estimate of drug-likeness (QED) is 0.245. The van der Waals surface area contributed by atoms with Crippen molar-refractivity contribution >= 4 is 29.0 Å². The maximum Gasteiger partial charge on any atom is 0.408 e. The van der Waals surface area contributed by atoms with Gasteiger partial charge in [-0.3, -0.25) is 4.79 Å². The molecule has 5 atom stereocenters. The van der Waals surface area contributed by atoms with Gasteiger partial charge >= 0.3 is 12.1 Å². The lowest BCUT2D eigenvalue weighted by Crippen LogP contribution is -2.55. The fourth-order valence-corrected chi connectivity index (χ4v) is 6.68. The maximum atomic E-state index is 14.2. The zero-order chi connectivity index (χ0) is 32.1. The molecule has 45 heavy (non-hydrogen) atoms. The number of benzene rings is 1. The smallest absolute Gasteiger partial charge is 0.408 e. The highest BCUT2D eigenvalue weighted by Gasteiger charge is 2.53. The number of nitrogens with one attached hydrogen (secondary N) is 1. The van der Waals surface area contributed by atoms with E-state index in [0.717, 1.165) is 38.5 Å². The van der Waals surface area contributed by atoms with Crippen LogP contribution in [0.3, 0.4) is 0 Å². The highest BCUT2D eigenvalue weighted by atomic mass is 16.6. The topological polar surface area (TPSA) is 129 Å². The van der Waals surface area contributed by atoms with Crippen molar-refractivity contribution in [3.63, 3.8) is 0 Å². The van der Waals surface area contributed by atoms with Gasteiger partial charge < -0.3 is 29.2 Å². The normalized spacial score (nSPS) is 25.0. The van der Waals surface area contributed by atoms with Crippen LogP contribution >= 0.6 is 0 Å². The van der Waals surface area contributed by atoms with E-state index < -0.39 is 35.9 Å². The number of aromatic nitrogens is 2. The third-order valence-corrected chi connectivity index (χ3v) is 9.34. The number of alkyl carbamates (subject to hydrolysis) is 1. The fraction of sp³-hybridized carbons (Fsp3) is 0.559. The molecule has 11 nitrogen and oxygen atoms in total. The Morgan fingerprint density at radius 2 is 1.93 bits per heavy atom. The number of fused-ring (bicyclic) bond motifs is 1. The van der Waals surface area contributed by atoms with E-state index in [1.807, 2.05) is 25.1 Å². The number of para-hydroxylation sites is 1. The van der Waals surface area contributed by atoms with Crippen LogP contribution in [0.4, 0.5) is 4.79 Å². The van der Waals surface area contributed by atoms with Crippen molar-refractivity contribution in [3.8, 4) is 11.6 Å². The standard InChI is InChI=1S/C34H44N4O7/c1-6-8-15-25-30(36-29-24(35-25)16-11-17-27(29)42-4)44-23-18-26(32(40)43-5)38(20-23)31(39)28(21-13-9-10-14-21)37-33(41)45-34(3)19-22(34)12-7-2/h6-7,11,16-17,21-23,26,28H,1-2,8-10,12-15,18-20H2,3-5H3,(H,37,41)/t22-,23+,26-,28-,34-/m0/s1. The Morgan fingerprint density at radius 1 is 1.16 bits per heavy atom. The van der Waals surface area contributed by atoms with Gasteiger partial charge in [-0.2, -0.15) is 0 Å². The van der Waals surface area contributed by atoms with Gasteiger partial charge in [0.1, 0.15) is 40.7 Å². The number of carbonyl (C=O) groups is 3. The zero-order valence-electron chi connectivity index (χ0n) is 26.5. The predicted octanol–water partition coefficient (Wildman–Crippen LogP) is 4.92. The first-order valence-electron chi connectivity index (χ1n) is 15.8. The van der Waals surface area contributed by atoms with E-state index in [2.05, 4.69) is 18.5 Å². The van der Waals surface area contributed by atoms with Gasteiger partial charge in [0, 0.05) is 12.3 Å². The van der Waals surface area contributed by atoms with E-state index >= 15 is 0 Å². The molecule has 3 fully saturated rings.